The summed E-state index contributed by atoms with van der Waals surface area (Å²) in [4.78, 5) is 0. The van der Waals surface area contributed by atoms with E-state index in [-0.39, 0.29) is 0 Å². The van der Waals surface area contributed by atoms with Crippen molar-refractivity contribution in [3.05, 3.63) is 78.4 Å². The van der Waals surface area contributed by atoms with Crippen LogP contribution in [0.15, 0.2) is 72.8 Å². The summed E-state index contributed by atoms with van der Waals surface area (Å²) in [6.45, 7) is 6.17. The summed E-state index contributed by atoms with van der Waals surface area (Å²) in [5.74, 6) is 0. The molecular weight excluding hydrogens is 266 g/mol. The highest BCUT2D eigenvalue weighted by Gasteiger charge is 2.11. The molecule has 0 aliphatic carbocycles. The Balaban J connectivity index is 0.000000693. The van der Waals surface area contributed by atoms with E-state index in [0.717, 1.165) is 0 Å². The fraction of sp³-hybridized carbons (Fsp3) is 0.143. The van der Waals surface area contributed by atoms with E-state index >= 15 is 0 Å². The first-order valence-electron chi connectivity index (χ1n) is 7.90. The quantitative estimate of drug-likeness (QED) is 0.397. The van der Waals surface area contributed by atoms with Crippen LogP contribution in [-0.2, 0) is 0 Å². The van der Waals surface area contributed by atoms with Gasteiger partial charge in [-0.3, -0.25) is 0 Å². The highest BCUT2D eigenvalue weighted by Crippen LogP contribution is 2.32. The van der Waals surface area contributed by atoms with E-state index in [1.165, 1.54) is 33.1 Å². The average Bonchev–Trinajstić information content (AvgIpc) is 2.92. The summed E-state index contributed by atoms with van der Waals surface area (Å²) >= 11 is 0. The number of hydrogen-bond donors (Lipinski definition) is 0. The van der Waals surface area contributed by atoms with Gasteiger partial charge in [-0.05, 0) is 30.7 Å². The maximum Gasteiger partial charge on any atom is 0.0541 e. The summed E-state index contributed by atoms with van der Waals surface area (Å²) in [6, 6.07) is 25.8. The van der Waals surface area contributed by atoms with Crippen molar-refractivity contribution < 1.29 is 0 Å². The third-order valence-electron chi connectivity index (χ3n) is 3.94. The normalized spacial score (nSPS) is 10.5. The Morgan fingerprint density at radius 1 is 0.591 bits per heavy atom. The summed E-state index contributed by atoms with van der Waals surface area (Å²) < 4.78 is 2.36. The molecule has 1 nitrogen and oxygen atoms in total. The fourth-order valence-electron chi connectivity index (χ4n) is 3.00. The Morgan fingerprint density at radius 3 is 1.59 bits per heavy atom. The van der Waals surface area contributed by atoms with E-state index in [0.29, 0.717) is 0 Å². The summed E-state index contributed by atoms with van der Waals surface area (Å²) in [6.07, 6.45) is 0. The summed E-state index contributed by atoms with van der Waals surface area (Å²) in [7, 11) is 0. The van der Waals surface area contributed by atoms with Crippen LogP contribution in [0, 0.1) is 6.92 Å². The van der Waals surface area contributed by atoms with Crippen molar-refractivity contribution in [1.29, 1.82) is 0 Å². The molecule has 0 amide bonds. The number of para-hydroxylation sites is 3. The first-order chi connectivity index (χ1) is 10.9. The molecule has 0 saturated heterocycles. The second-order valence-electron chi connectivity index (χ2n) is 5.16. The Hall–Kier alpha value is -2.54. The molecule has 1 heteroatoms. The third kappa shape index (κ3) is 2.19. The molecule has 0 aliphatic heterocycles. The number of rotatable bonds is 1. The van der Waals surface area contributed by atoms with Crippen molar-refractivity contribution in [3.63, 3.8) is 0 Å². The van der Waals surface area contributed by atoms with Crippen molar-refractivity contribution in [2.75, 3.05) is 0 Å². The second-order valence-corrected chi connectivity index (χ2v) is 5.16. The van der Waals surface area contributed by atoms with Gasteiger partial charge in [-0.2, -0.15) is 0 Å². The molecule has 4 aromatic rings. The lowest BCUT2D eigenvalue weighted by Crippen LogP contribution is -1.96. The standard InChI is InChI=1S/C19H15N.C2H6/c1-14-8-2-5-11-17(14)20-18-12-6-3-9-15(18)16-10-4-7-13-19(16)20;1-2/h2-13H,1H3;1-2H3. The van der Waals surface area contributed by atoms with Crippen LogP contribution in [-0.4, -0.2) is 4.57 Å². The molecule has 0 bridgehead atoms. The van der Waals surface area contributed by atoms with Gasteiger partial charge < -0.3 is 4.57 Å². The van der Waals surface area contributed by atoms with Gasteiger partial charge in [0.05, 0.1) is 11.0 Å². The molecule has 4 rings (SSSR count). The monoisotopic (exact) mass is 287 g/mol. The Morgan fingerprint density at radius 2 is 1.05 bits per heavy atom. The molecule has 0 fully saturated rings. The van der Waals surface area contributed by atoms with Gasteiger partial charge in [0.2, 0.25) is 0 Å². The zero-order valence-electron chi connectivity index (χ0n) is 13.4. The van der Waals surface area contributed by atoms with Crippen molar-refractivity contribution >= 4 is 21.8 Å². The maximum atomic E-state index is 2.36. The molecule has 0 radical (unpaired) electrons. The van der Waals surface area contributed by atoms with E-state index in [2.05, 4.69) is 84.3 Å². The van der Waals surface area contributed by atoms with Crippen LogP contribution in [0.25, 0.3) is 27.5 Å². The van der Waals surface area contributed by atoms with Gasteiger partial charge >= 0.3 is 0 Å². The second kappa shape index (κ2) is 6.07. The summed E-state index contributed by atoms with van der Waals surface area (Å²) in [5, 5.41) is 2.62. The molecular formula is C21H21N. The van der Waals surface area contributed by atoms with E-state index in [9.17, 15) is 0 Å². The van der Waals surface area contributed by atoms with Gasteiger partial charge in [0, 0.05) is 16.5 Å². The fourth-order valence-corrected chi connectivity index (χ4v) is 3.00. The maximum absolute atomic E-state index is 2.36. The van der Waals surface area contributed by atoms with Crippen LogP contribution in [0.1, 0.15) is 19.4 Å². The number of hydrogen-bond acceptors (Lipinski definition) is 0. The first-order valence-corrected chi connectivity index (χ1v) is 7.90. The SMILES string of the molecule is CC.Cc1ccccc1-n1c2ccccc2c2ccccc21. The van der Waals surface area contributed by atoms with Crippen LogP contribution >= 0.6 is 0 Å². The van der Waals surface area contributed by atoms with E-state index in [1.807, 2.05) is 13.8 Å². The zero-order valence-corrected chi connectivity index (χ0v) is 13.4. The third-order valence-corrected chi connectivity index (χ3v) is 3.94. The molecule has 0 spiro atoms. The van der Waals surface area contributed by atoms with E-state index in [4.69, 9.17) is 0 Å². The van der Waals surface area contributed by atoms with Gasteiger partial charge in [0.15, 0.2) is 0 Å². The van der Waals surface area contributed by atoms with Crippen LogP contribution in [0.4, 0.5) is 0 Å². The van der Waals surface area contributed by atoms with Gasteiger partial charge in [-0.15, -0.1) is 0 Å². The topological polar surface area (TPSA) is 4.93 Å². The number of benzene rings is 3. The lowest BCUT2D eigenvalue weighted by Gasteiger charge is -2.10. The minimum Gasteiger partial charge on any atom is -0.309 e. The largest absolute Gasteiger partial charge is 0.309 e. The van der Waals surface area contributed by atoms with E-state index in [1.54, 1.807) is 0 Å². The Kier molecular flexibility index (Phi) is 3.97. The lowest BCUT2D eigenvalue weighted by atomic mass is 10.2. The van der Waals surface area contributed by atoms with Crippen LogP contribution < -0.4 is 0 Å². The molecule has 110 valence electrons. The number of aryl methyl sites for hydroxylation is 1. The summed E-state index contributed by atoms with van der Waals surface area (Å²) in [5.41, 5.74) is 5.08. The van der Waals surface area contributed by atoms with Crippen molar-refractivity contribution in [3.8, 4) is 5.69 Å². The van der Waals surface area contributed by atoms with E-state index < -0.39 is 0 Å². The zero-order chi connectivity index (χ0) is 15.5. The molecule has 0 atom stereocenters. The highest BCUT2D eigenvalue weighted by molar-refractivity contribution is 6.09. The van der Waals surface area contributed by atoms with Crippen LogP contribution in [0.2, 0.25) is 0 Å². The average molecular weight is 287 g/mol. The van der Waals surface area contributed by atoms with Crippen molar-refractivity contribution in [2.24, 2.45) is 0 Å². The van der Waals surface area contributed by atoms with Crippen LogP contribution in [0.3, 0.4) is 0 Å². The van der Waals surface area contributed by atoms with Gasteiger partial charge in [-0.25, -0.2) is 0 Å². The van der Waals surface area contributed by atoms with Crippen molar-refractivity contribution in [2.45, 2.75) is 20.8 Å². The molecule has 0 saturated carbocycles. The van der Waals surface area contributed by atoms with Gasteiger partial charge in [0.1, 0.15) is 0 Å². The van der Waals surface area contributed by atoms with Gasteiger partial charge in [-0.1, -0.05) is 68.4 Å². The number of nitrogens with zero attached hydrogens (tertiary/aromatic N) is 1. The molecule has 0 unspecified atom stereocenters. The molecule has 0 N–H and O–H groups in total. The highest BCUT2D eigenvalue weighted by atomic mass is 15.0. The smallest absolute Gasteiger partial charge is 0.0541 e. The Labute approximate surface area is 131 Å². The molecule has 1 aromatic heterocycles. The van der Waals surface area contributed by atoms with Crippen molar-refractivity contribution in [1.82, 2.24) is 4.57 Å². The molecule has 22 heavy (non-hydrogen) atoms. The van der Waals surface area contributed by atoms with Crippen LogP contribution in [0.5, 0.6) is 0 Å². The molecule has 0 aliphatic rings. The molecule has 3 aromatic carbocycles. The Bertz CT molecular complexity index is 862. The minimum atomic E-state index is 1.25. The van der Waals surface area contributed by atoms with Gasteiger partial charge in [0.25, 0.3) is 0 Å². The predicted molar refractivity (Wildman–Crippen MR) is 96.9 cm³/mol. The molecule has 1 heterocycles. The first kappa shape index (κ1) is 14.4. The lowest BCUT2D eigenvalue weighted by molar-refractivity contribution is 1.15. The number of fused-ring (bicyclic) bond motifs is 3. The predicted octanol–water partition coefficient (Wildman–Crippen LogP) is 6.12. The number of aromatic nitrogens is 1. The minimum absolute atomic E-state index is 1.25.